The van der Waals surface area contributed by atoms with E-state index in [0.717, 1.165) is 47.7 Å². The van der Waals surface area contributed by atoms with Crippen molar-refractivity contribution >= 4 is 64.1 Å². The number of benzene rings is 2. The van der Waals surface area contributed by atoms with E-state index in [-0.39, 0.29) is 95.9 Å². The Morgan fingerprint density at radius 1 is 0.620 bits per heavy atom. The van der Waals surface area contributed by atoms with Gasteiger partial charge >= 0.3 is 0 Å². The van der Waals surface area contributed by atoms with Gasteiger partial charge in [0.15, 0.2) is 0 Å². The number of carbonyl (C=O) groups excluding carboxylic acids is 9. The van der Waals surface area contributed by atoms with Gasteiger partial charge < -0.3 is 75.8 Å². The number of amides is 9. The smallest absolute Gasteiger partial charge is 0.243 e. The van der Waals surface area contributed by atoms with Crippen LogP contribution >= 0.6 is 0 Å². The molecule has 1 aliphatic carbocycles. The van der Waals surface area contributed by atoms with Crippen LogP contribution in [-0.4, -0.2) is 139 Å². The van der Waals surface area contributed by atoms with E-state index >= 15 is 0 Å². The first-order valence-corrected chi connectivity index (χ1v) is 28.1. The average Bonchev–Trinajstić information content (AvgIpc) is 4.07. The molecule has 0 spiro atoms. The molecule has 18 N–H and O–H groups in total. The van der Waals surface area contributed by atoms with Crippen molar-refractivity contribution < 1.29 is 43.2 Å². The van der Waals surface area contributed by atoms with Crippen LogP contribution in [0, 0.1) is 11.8 Å². The Kier molecular flexibility index (Phi) is 25.6. The van der Waals surface area contributed by atoms with Gasteiger partial charge in [-0.05, 0) is 119 Å². The SMILES string of the molecule is CCCCCCCC(=O)N[C@H](CCN)C(=O)N[C@H]1CCNC(=O)[C@H](Cc2c[nH]c3ccccc23)NC(=O)[C@H](CCN)NC(=O)[C@H](CCN)NC(=O)[C@H](CC(C)C)NC(=O)C(C2Cc3ccccc3C2)NC(=O)[C@H](CCN)NC1=O. The summed E-state index contributed by atoms with van der Waals surface area (Å²) >= 11 is 0. The van der Waals surface area contributed by atoms with Gasteiger partial charge in [0.2, 0.25) is 53.2 Å². The van der Waals surface area contributed by atoms with Gasteiger partial charge in [0.05, 0.1) is 0 Å². The summed E-state index contributed by atoms with van der Waals surface area (Å²) in [5.41, 5.74) is 27.3. The van der Waals surface area contributed by atoms with Crippen LogP contribution in [0.4, 0.5) is 0 Å². The molecule has 2 aliphatic rings. The van der Waals surface area contributed by atoms with Crippen LogP contribution in [0.2, 0.25) is 0 Å². The van der Waals surface area contributed by atoms with Crippen molar-refractivity contribution in [2.45, 2.75) is 165 Å². The van der Waals surface area contributed by atoms with Crippen LogP contribution < -0.4 is 70.8 Å². The molecule has 5 rings (SSSR count). The molecule has 2 aromatic carbocycles. The summed E-state index contributed by atoms with van der Waals surface area (Å²) in [5, 5.41) is 25.8. The van der Waals surface area contributed by atoms with Crippen molar-refractivity contribution in [3.8, 4) is 0 Å². The molecule has 1 saturated heterocycles. The Morgan fingerprint density at radius 3 is 1.76 bits per heavy atom. The van der Waals surface area contributed by atoms with Crippen molar-refractivity contribution in [1.82, 2.24) is 52.8 Å². The molecule has 9 amide bonds. The Hall–Kier alpha value is -6.95. The van der Waals surface area contributed by atoms with Crippen molar-refractivity contribution in [3.05, 3.63) is 71.4 Å². The van der Waals surface area contributed by atoms with Gasteiger partial charge in [-0.25, -0.2) is 0 Å². The first kappa shape index (κ1) is 62.9. The fourth-order valence-electron chi connectivity index (χ4n) is 10.2. The molecule has 1 aromatic heterocycles. The molecule has 434 valence electrons. The van der Waals surface area contributed by atoms with Crippen LogP contribution in [0.3, 0.4) is 0 Å². The van der Waals surface area contributed by atoms with E-state index in [4.69, 9.17) is 22.9 Å². The highest BCUT2D eigenvalue weighted by Gasteiger charge is 2.39. The first-order chi connectivity index (χ1) is 38.0. The first-order valence-electron chi connectivity index (χ1n) is 28.1. The number of nitrogens with one attached hydrogen (secondary N) is 10. The van der Waals surface area contributed by atoms with Crippen LogP contribution in [-0.2, 0) is 62.4 Å². The molecule has 79 heavy (non-hydrogen) atoms. The number of nitrogens with two attached hydrogens (primary N) is 4. The number of carbonyl (C=O) groups is 9. The topological polar surface area (TPSA) is 382 Å². The molecule has 1 unspecified atom stereocenters. The fourth-order valence-corrected chi connectivity index (χ4v) is 10.2. The van der Waals surface area contributed by atoms with Gasteiger partial charge in [-0.15, -0.1) is 0 Å². The van der Waals surface area contributed by atoms with E-state index < -0.39 is 102 Å². The highest BCUT2D eigenvalue weighted by atomic mass is 16.2. The van der Waals surface area contributed by atoms with Gasteiger partial charge in [0.1, 0.15) is 48.3 Å². The molecule has 1 aliphatic heterocycles. The number of fused-ring (bicyclic) bond motifs is 2. The minimum absolute atomic E-state index is 0.0118. The second-order valence-corrected chi connectivity index (χ2v) is 21.2. The lowest BCUT2D eigenvalue weighted by Crippen LogP contribution is -2.61. The number of rotatable bonds is 22. The van der Waals surface area contributed by atoms with Gasteiger partial charge in [-0.3, -0.25) is 43.2 Å². The molecule has 8 atom stereocenters. The highest BCUT2D eigenvalue weighted by molar-refractivity contribution is 5.98. The third kappa shape index (κ3) is 19.1. The number of hydrogen-bond donors (Lipinski definition) is 14. The Bertz CT molecular complexity index is 2510. The predicted octanol–water partition coefficient (Wildman–Crippen LogP) is -0.675. The van der Waals surface area contributed by atoms with Crippen molar-refractivity contribution in [3.63, 3.8) is 0 Å². The summed E-state index contributed by atoms with van der Waals surface area (Å²) in [6.45, 7) is 5.33. The molecule has 3 aromatic rings. The predicted molar refractivity (Wildman–Crippen MR) is 300 cm³/mol. The lowest BCUT2D eigenvalue weighted by Gasteiger charge is -2.30. The summed E-state index contributed by atoms with van der Waals surface area (Å²) in [7, 11) is 0. The number of aromatic nitrogens is 1. The molecule has 23 nitrogen and oxygen atoms in total. The number of aromatic amines is 1. The van der Waals surface area contributed by atoms with Crippen molar-refractivity contribution in [2.24, 2.45) is 34.8 Å². The minimum Gasteiger partial charge on any atom is -0.361 e. The largest absolute Gasteiger partial charge is 0.361 e. The normalized spacial score (nSPS) is 22.8. The lowest BCUT2D eigenvalue weighted by atomic mass is 9.94. The van der Waals surface area contributed by atoms with E-state index in [9.17, 15) is 43.2 Å². The quantitative estimate of drug-likeness (QED) is 0.0556. The van der Waals surface area contributed by atoms with E-state index in [0.29, 0.717) is 24.8 Å². The summed E-state index contributed by atoms with van der Waals surface area (Å²) in [5.74, 6) is -7.01. The molecule has 0 bridgehead atoms. The average molecular weight is 1100 g/mol. The van der Waals surface area contributed by atoms with E-state index in [1.165, 1.54) is 0 Å². The van der Waals surface area contributed by atoms with E-state index in [1.54, 1.807) is 6.20 Å². The van der Waals surface area contributed by atoms with Crippen LogP contribution in [0.15, 0.2) is 54.7 Å². The monoisotopic (exact) mass is 1100 g/mol. The molecular formula is C56H86N14O9. The maximum absolute atomic E-state index is 14.8. The number of para-hydroxylation sites is 1. The zero-order valence-electron chi connectivity index (χ0n) is 46.1. The van der Waals surface area contributed by atoms with Crippen LogP contribution in [0.1, 0.15) is 115 Å². The van der Waals surface area contributed by atoms with Gasteiger partial charge in [-0.1, -0.05) is 88.9 Å². The number of hydrogen-bond acceptors (Lipinski definition) is 13. The Balaban J connectivity index is 1.55. The third-order valence-corrected chi connectivity index (χ3v) is 14.5. The maximum atomic E-state index is 14.8. The zero-order valence-corrected chi connectivity index (χ0v) is 46.1. The Morgan fingerprint density at radius 2 is 1.16 bits per heavy atom. The van der Waals surface area contributed by atoms with E-state index in [2.05, 4.69) is 59.8 Å². The third-order valence-electron chi connectivity index (χ3n) is 14.5. The molecule has 23 heteroatoms. The van der Waals surface area contributed by atoms with Crippen molar-refractivity contribution in [2.75, 3.05) is 32.7 Å². The lowest BCUT2D eigenvalue weighted by molar-refractivity contribution is -0.136. The highest BCUT2D eigenvalue weighted by Crippen LogP contribution is 2.29. The standard InChI is InChI=1S/C56H86N14O9/c1-4-5-6-7-8-17-47(71)63-40(18-23-57)50(73)67-44-22-27-61-49(72)46(31-37-32-62-39-16-12-11-15-38(37)39)68-52(75)42(20-25-59)64-51(74)41(19-24-58)66-55(78)45(28-33(2)3)69-56(79)48(36-29-34-13-9-10-14-35(34)30-36)70-54(77)43(21-26-60)65-53(44)76/h9-16,32-33,36,40-46,48,62H,4-8,17-31,57-60H2,1-3H3,(H,61,72)(H,63,71)(H,64,74)(H,65,76)(H,66,78)(H,67,73)(H,68,75)(H,69,79)(H,70,77)/t40-,41+,42+,43+,44+,45+,46+,48?/m1/s1. The molecular weight excluding hydrogens is 1010 g/mol. The van der Waals surface area contributed by atoms with Crippen LogP contribution in [0.5, 0.6) is 0 Å². The molecule has 0 saturated carbocycles. The fraction of sp³-hybridized carbons (Fsp3) is 0.589. The summed E-state index contributed by atoms with van der Waals surface area (Å²) in [4.78, 5) is 132. The van der Waals surface area contributed by atoms with Crippen LogP contribution in [0.25, 0.3) is 10.9 Å². The summed E-state index contributed by atoms with van der Waals surface area (Å²) < 4.78 is 0. The summed E-state index contributed by atoms with van der Waals surface area (Å²) in [6.07, 6.45) is 6.76. The number of H-pyrrole nitrogens is 1. The van der Waals surface area contributed by atoms with E-state index in [1.807, 2.05) is 62.4 Å². The second kappa shape index (κ2) is 32.2. The van der Waals surface area contributed by atoms with Crippen molar-refractivity contribution in [1.29, 1.82) is 0 Å². The molecule has 1 fully saturated rings. The molecule has 2 heterocycles. The maximum Gasteiger partial charge on any atom is 0.243 e. The number of unbranched alkanes of at least 4 members (excludes halogenated alkanes) is 4. The van der Waals surface area contributed by atoms with Gasteiger partial charge in [0.25, 0.3) is 0 Å². The second-order valence-electron chi connectivity index (χ2n) is 21.2. The molecule has 0 radical (unpaired) electrons. The zero-order chi connectivity index (χ0) is 57.4. The summed E-state index contributed by atoms with van der Waals surface area (Å²) in [6, 6.07) is 4.71. The van der Waals surface area contributed by atoms with Gasteiger partial charge in [-0.2, -0.15) is 0 Å². The Labute approximate surface area is 462 Å². The minimum atomic E-state index is -1.44. The van der Waals surface area contributed by atoms with Gasteiger partial charge in [0, 0.05) is 36.5 Å².